The van der Waals surface area contributed by atoms with E-state index >= 15 is 0 Å². The van der Waals surface area contributed by atoms with E-state index in [2.05, 4.69) is 15.2 Å². The van der Waals surface area contributed by atoms with Crippen molar-refractivity contribution in [2.24, 2.45) is 0 Å². The predicted octanol–water partition coefficient (Wildman–Crippen LogP) is 4.21. The van der Waals surface area contributed by atoms with Crippen LogP contribution in [0.25, 0.3) is 17.1 Å². The lowest BCUT2D eigenvalue weighted by Gasteiger charge is -2.10. The molecule has 0 amide bonds. The molecule has 0 aliphatic heterocycles. The average Bonchev–Trinajstić information content (AvgIpc) is 3.22. The second kappa shape index (κ2) is 8.66. The number of carbonyl (C=O) groups excluding carboxylic acids is 1. The Kier molecular flexibility index (Phi) is 5.62. The molecule has 2 aromatic carbocycles. The minimum Gasteiger partial charge on any atom is -0.293 e. The first kappa shape index (κ1) is 19.5. The predicted molar refractivity (Wildman–Crippen MR) is 113 cm³/mol. The molecule has 0 spiro atoms. The van der Waals surface area contributed by atoms with Gasteiger partial charge in [-0.15, -0.1) is 10.2 Å². The summed E-state index contributed by atoms with van der Waals surface area (Å²) in [7, 11) is 0. The maximum Gasteiger partial charge on any atom is 0.269 e. The van der Waals surface area contributed by atoms with E-state index in [1.165, 1.54) is 36.0 Å². The summed E-state index contributed by atoms with van der Waals surface area (Å²) in [6.45, 7) is 0. The van der Waals surface area contributed by atoms with Crippen LogP contribution in [0.2, 0.25) is 0 Å². The minimum atomic E-state index is -0.495. The van der Waals surface area contributed by atoms with Gasteiger partial charge in [-0.3, -0.25) is 24.5 Å². The van der Waals surface area contributed by atoms with Gasteiger partial charge in [0.05, 0.1) is 10.7 Å². The fourth-order valence-electron chi connectivity index (χ4n) is 2.84. The molecule has 0 radical (unpaired) electrons. The highest BCUT2D eigenvalue weighted by Gasteiger charge is 2.18. The standard InChI is InChI=1S/C21H15N5O3S/c27-19(15-8-10-18(11-9-15)26(28)29)14-30-21-24-23-20(16-5-4-12-22-13-16)25(21)17-6-2-1-3-7-17/h1-13H,14H2. The summed E-state index contributed by atoms with van der Waals surface area (Å²) >= 11 is 1.26. The van der Waals surface area contributed by atoms with E-state index in [0.717, 1.165) is 11.3 Å². The Bertz CT molecular complexity index is 1180. The lowest BCUT2D eigenvalue weighted by Crippen LogP contribution is -2.05. The molecule has 2 aromatic heterocycles. The number of ketones is 1. The molecule has 8 nitrogen and oxygen atoms in total. The van der Waals surface area contributed by atoms with Gasteiger partial charge < -0.3 is 0 Å². The Balaban J connectivity index is 1.61. The van der Waals surface area contributed by atoms with Crippen molar-refractivity contribution in [3.05, 3.63) is 94.8 Å². The van der Waals surface area contributed by atoms with Crippen LogP contribution in [0.3, 0.4) is 0 Å². The topological polar surface area (TPSA) is 104 Å². The number of Topliss-reactive ketones (excluding diaryl/α,β-unsaturated/α-hetero) is 1. The molecule has 30 heavy (non-hydrogen) atoms. The van der Waals surface area contributed by atoms with Crippen LogP contribution in [0.1, 0.15) is 10.4 Å². The van der Waals surface area contributed by atoms with Gasteiger partial charge in [-0.2, -0.15) is 0 Å². The van der Waals surface area contributed by atoms with Crippen molar-refractivity contribution >= 4 is 23.2 Å². The number of thioether (sulfide) groups is 1. The number of carbonyl (C=O) groups is 1. The van der Waals surface area contributed by atoms with Crippen LogP contribution in [-0.2, 0) is 0 Å². The summed E-state index contributed by atoms with van der Waals surface area (Å²) in [5.41, 5.74) is 2.03. The highest BCUT2D eigenvalue weighted by molar-refractivity contribution is 7.99. The molecule has 4 rings (SSSR count). The van der Waals surface area contributed by atoms with Gasteiger partial charge in [-0.1, -0.05) is 30.0 Å². The number of para-hydroxylation sites is 1. The first-order valence-electron chi connectivity index (χ1n) is 8.95. The van der Waals surface area contributed by atoms with Crippen molar-refractivity contribution in [2.75, 3.05) is 5.75 Å². The van der Waals surface area contributed by atoms with Crippen molar-refractivity contribution < 1.29 is 9.72 Å². The number of rotatable bonds is 7. The van der Waals surface area contributed by atoms with Gasteiger partial charge in [0, 0.05) is 41.3 Å². The number of nitro groups is 1. The fourth-order valence-corrected chi connectivity index (χ4v) is 3.68. The zero-order chi connectivity index (χ0) is 20.9. The molecule has 2 heterocycles. The first-order valence-corrected chi connectivity index (χ1v) is 9.94. The molecule has 0 atom stereocenters. The molecule has 148 valence electrons. The summed E-state index contributed by atoms with van der Waals surface area (Å²) in [6.07, 6.45) is 3.39. The molecule has 9 heteroatoms. The maximum atomic E-state index is 12.6. The Hall–Kier alpha value is -3.85. The Morgan fingerprint density at radius 2 is 1.77 bits per heavy atom. The normalized spacial score (nSPS) is 10.7. The van der Waals surface area contributed by atoms with Gasteiger partial charge in [0.15, 0.2) is 16.8 Å². The van der Waals surface area contributed by atoms with Crippen molar-refractivity contribution in [2.45, 2.75) is 5.16 Å². The van der Waals surface area contributed by atoms with Crippen LogP contribution >= 0.6 is 11.8 Å². The summed E-state index contributed by atoms with van der Waals surface area (Å²) < 4.78 is 1.88. The van der Waals surface area contributed by atoms with Gasteiger partial charge >= 0.3 is 0 Å². The summed E-state index contributed by atoms with van der Waals surface area (Å²) in [6, 6.07) is 18.9. The van der Waals surface area contributed by atoms with Crippen LogP contribution in [0, 0.1) is 10.1 Å². The number of benzene rings is 2. The average molecular weight is 417 g/mol. The number of hydrogen-bond donors (Lipinski definition) is 0. The van der Waals surface area contributed by atoms with Gasteiger partial charge in [0.2, 0.25) is 0 Å². The maximum absolute atomic E-state index is 12.6. The third kappa shape index (κ3) is 4.11. The number of nitro benzene ring substituents is 1. The van der Waals surface area contributed by atoms with E-state index in [-0.39, 0.29) is 17.2 Å². The summed E-state index contributed by atoms with van der Waals surface area (Å²) in [5.74, 6) is 0.593. The van der Waals surface area contributed by atoms with E-state index in [4.69, 9.17) is 0 Å². The van der Waals surface area contributed by atoms with Crippen LogP contribution in [0.5, 0.6) is 0 Å². The highest BCUT2D eigenvalue weighted by atomic mass is 32.2. The monoisotopic (exact) mass is 417 g/mol. The van der Waals surface area contributed by atoms with Crippen molar-refractivity contribution in [1.82, 2.24) is 19.7 Å². The van der Waals surface area contributed by atoms with Gasteiger partial charge in [0.25, 0.3) is 5.69 Å². The Labute approximate surface area is 175 Å². The van der Waals surface area contributed by atoms with E-state index in [9.17, 15) is 14.9 Å². The Morgan fingerprint density at radius 3 is 2.43 bits per heavy atom. The largest absolute Gasteiger partial charge is 0.293 e. The van der Waals surface area contributed by atoms with Crippen LogP contribution in [0.15, 0.2) is 84.3 Å². The Morgan fingerprint density at radius 1 is 1.00 bits per heavy atom. The summed E-state index contributed by atoms with van der Waals surface area (Å²) in [4.78, 5) is 27.0. The van der Waals surface area contributed by atoms with Crippen molar-refractivity contribution in [1.29, 1.82) is 0 Å². The smallest absolute Gasteiger partial charge is 0.269 e. The molecule has 0 saturated carbocycles. The van der Waals surface area contributed by atoms with Crippen molar-refractivity contribution in [3.63, 3.8) is 0 Å². The number of non-ortho nitro benzene ring substituents is 1. The molecule has 0 saturated heterocycles. The molecule has 0 aliphatic carbocycles. The third-order valence-corrected chi connectivity index (χ3v) is 5.23. The van der Waals surface area contributed by atoms with Gasteiger partial charge in [-0.05, 0) is 36.4 Å². The molecule has 0 fully saturated rings. The zero-order valence-electron chi connectivity index (χ0n) is 15.6. The number of hydrogen-bond acceptors (Lipinski definition) is 7. The van der Waals surface area contributed by atoms with Gasteiger partial charge in [0.1, 0.15) is 0 Å². The van der Waals surface area contributed by atoms with Crippen LogP contribution in [0.4, 0.5) is 5.69 Å². The molecular weight excluding hydrogens is 402 g/mol. The van der Waals surface area contributed by atoms with Gasteiger partial charge in [-0.25, -0.2) is 0 Å². The number of aromatic nitrogens is 4. The van der Waals surface area contributed by atoms with E-state index in [1.807, 2.05) is 47.0 Å². The highest BCUT2D eigenvalue weighted by Crippen LogP contribution is 2.28. The molecule has 0 bridgehead atoms. The minimum absolute atomic E-state index is 0.0517. The fraction of sp³-hybridized carbons (Fsp3) is 0.0476. The van der Waals surface area contributed by atoms with E-state index in [1.54, 1.807) is 12.4 Å². The first-order chi connectivity index (χ1) is 14.6. The lowest BCUT2D eigenvalue weighted by atomic mass is 10.1. The van der Waals surface area contributed by atoms with Crippen LogP contribution < -0.4 is 0 Å². The van der Waals surface area contributed by atoms with Crippen molar-refractivity contribution in [3.8, 4) is 17.1 Å². The lowest BCUT2D eigenvalue weighted by molar-refractivity contribution is -0.384. The quantitative estimate of drug-likeness (QED) is 0.192. The molecule has 0 aliphatic rings. The van der Waals surface area contributed by atoms with E-state index < -0.39 is 4.92 Å². The number of pyridine rings is 1. The second-order valence-corrected chi connectivity index (χ2v) is 7.18. The third-order valence-electron chi connectivity index (χ3n) is 4.30. The SMILES string of the molecule is O=C(CSc1nnc(-c2cccnc2)n1-c1ccccc1)c1ccc([N+](=O)[O-])cc1. The molecule has 0 N–H and O–H groups in total. The molecule has 4 aromatic rings. The van der Waals surface area contributed by atoms with E-state index in [0.29, 0.717) is 16.5 Å². The second-order valence-electron chi connectivity index (χ2n) is 6.23. The zero-order valence-corrected chi connectivity index (χ0v) is 16.4. The molecular formula is C21H15N5O3S. The molecule has 0 unspecified atom stereocenters. The number of nitrogens with zero attached hydrogens (tertiary/aromatic N) is 5. The summed E-state index contributed by atoms with van der Waals surface area (Å²) in [5, 5.41) is 19.9. The van der Waals surface area contributed by atoms with Crippen LogP contribution in [-0.4, -0.2) is 36.2 Å².